The molecule has 1 heterocycles. The molecule has 0 bridgehead atoms. The van der Waals surface area contributed by atoms with Crippen molar-refractivity contribution >= 4 is 5.97 Å². The lowest BCUT2D eigenvalue weighted by atomic mass is 9.98. The summed E-state index contributed by atoms with van der Waals surface area (Å²) in [5.74, 6) is -0.703. The van der Waals surface area contributed by atoms with E-state index in [-0.39, 0.29) is 5.56 Å². The second-order valence-corrected chi connectivity index (χ2v) is 5.99. The molecule has 134 valence electrons. The molecule has 27 heavy (non-hydrogen) atoms. The number of benzene rings is 2. The van der Waals surface area contributed by atoms with Crippen LogP contribution in [0.25, 0.3) is 22.4 Å². The van der Waals surface area contributed by atoms with E-state index in [9.17, 15) is 14.9 Å². The van der Waals surface area contributed by atoms with Gasteiger partial charge in [-0.3, -0.25) is 4.79 Å². The Kier molecular flexibility index (Phi) is 5.04. The van der Waals surface area contributed by atoms with Gasteiger partial charge in [0.05, 0.1) is 0 Å². The number of carboxylic acid groups (broad SMARTS) is 1. The first-order valence-corrected chi connectivity index (χ1v) is 8.17. The van der Waals surface area contributed by atoms with E-state index in [1.165, 1.54) is 0 Å². The Hall–Kier alpha value is -3.85. The monoisotopic (exact) mass is 360 g/mol. The van der Waals surface area contributed by atoms with Gasteiger partial charge in [0.25, 0.3) is 5.56 Å². The van der Waals surface area contributed by atoms with Crippen LogP contribution >= 0.6 is 0 Å². The molecule has 1 aromatic heterocycles. The topological polar surface area (TPSA) is 103 Å². The van der Waals surface area contributed by atoms with Crippen LogP contribution in [-0.2, 0) is 4.79 Å². The minimum Gasteiger partial charge on any atom is -0.482 e. The van der Waals surface area contributed by atoms with Crippen LogP contribution in [0.15, 0.2) is 59.4 Å². The van der Waals surface area contributed by atoms with Crippen LogP contribution in [0.3, 0.4) is 0 Å². The lowest BCUT2D eigenvalue weighted by Crippen LogP contribution is -2.13. The normalized spacial score (nSPS) is 10.2. The number of nitrogens with one attached hydrogen (secondary N) is 1. The van der Waals surface area contributed by atoms with E-state index < -0.39 is 18.1 Å². The van der Waals surface area contributed by atoms with Gasteiger partial charge in [-0.1, -0.05) is 42.0 Å². The summed E-state index contributed by atoms with van der Waals surface area (Å²) in [4.78, 5) is 25.8. The van der Waals surface area contributed by atoms with Crippen molar-refractivity contribution in [2.24, 2.45) is 0 Å². The number of nitriles is 1. The van der Waals surface area contributed by atoms with E-state index in [4.69, 9.17) is 9.84 Å². The molecule has 0 aliphatic rings. The van der Waals surface area contributed by atoms with Gasteiger partial charge in [-0.25, -0.2) is 4.79 Å². The van der Waals surface area contributed by atoms with Crippen LogP contribution in [0.4, 0.5) is 0 Å². The largest absolute Gasteiger partial charge is 0.482 e. The summed E-state index contributed by atoms with van der Waals surface area (Å²) < 4.78 is 5.19. The summed E-state index contributed by atoms with van der Waals surface area (Å²) in [6.07, 6.45) is 0. The highest BCUT2D eigenvalue weighted by Gasteiger charge is 2.13. The molecular formula is C21H16N2O4. The van der Waals surface area contributed by atoms with Gasteiger partial charge >= 0.3 is 5.97 Å². The van der Waals surface area contributed by atoms with Crippen LogP contribution in [0.5, 0.6) is 5.75 Å². The van der Waals surface area contributed by atoms with Gasteiger partial charge in [-0.2, -0.15) is 5.26 Å². The van der Waals surface area contributed by atoms with Crippen LogP contribution < -0.4 is 10.3 Å². The molecular weight excluding hydrogens is 344 g/mol. The van der Waals surface area contributed by atoms with Crippen LogP contribution in [0, 0.1) is 18.3 Å². The summed E-state index contributed by atoms with van der Waals surface area (Å²) >= 11 is 0. The molecule has 3 aromatic rings. The standard InChI is InChI=1S/C21H16N2O4/c1-13-5-7-14(8-6-13)17-10-19(23-21(26)18(17)11-22)15-3-2-4-16(9-15)27-12-20(24)25/h2-10H,12H2,1H3,(H,23,26)(H,24,25). The Balaban J connectivity index is 2.09. The number of hydrogen-bond acceptors (Lipinski definition) is 4. The van der Waals surface area contributed by atoms with Crippen molar-refractivity contribution in [3.05, 3.63) is 76.1 Å². The molecule has 6 heteroatoms. The number of aryl methyl sites for hydroxylation is 1. The van der Waals surface area contributed by atoms with Crippen LogP contribution in [-0.4, -0.2) is 22.7 Å². The highest BCUT2D eigenvalue weighted by Crippen LogP contribution is 2.28. The number of carbonyl (C=O) groups is 1. The lowest BCUT2D eigenvalue weighted by molar-refractivity contribution is -0.139. The number of aromatic amines is 1. The maximum atomic E-state index is 12.4. The first-order valence-electron chi connectivity index (χ1n) is 8.17. The fraction of sp³-hybridized carbons (Fsp3) is 0.0952. The van der Waals surface area contributed by atoms with Gasteiger partial charge in [0.15, 0.2) is 6.61 Å². The summed E-state index contributed by atoms with van der Waals surface area (Å²) in [7, 11) is 0. The first kappa shape index (κ1) is 18.0. The minimum absolute atomic E-state index is 0.0425. The number of rotatable bonds is 5. The maximum absolute atomic E-state index is 12.4. The van der Waals surface area contributed by atoms with Gasteiger partial charge in [0.2, 0.25) is 0 Å². The molecule has 0 radical (unpaired) electrons. The molecule has 3 rings (SSSR count). The molecule has 0 atom stereocenters. The molecule has 2 aromatic carbocycles. The van der Waals surface area contributed by atoms with Gasteiger partial charge in [-0.05, 0) is 30.7 Å². The molecule has 0 aliphatic heterocycles. The number of pyridine rings is 1. The smallest absolute Gasteiger partial charge is 0.341 e. The van der Waals surface area contributed by atoms with E-state index in [1.54, 1.807) is 30.3 Å². The van der Waals surface area contributed by atoms with E-state index in [2.05, 4.69) is 4.98 Å². The molecule has 0 unspecified atom stereocenters. The molecule has 0 amide bonds. The van der Waals surface area contributed by atoms with Crippen molar-refractivity contribution in [1.29, 1.82) is 5.26 Å². The van der Waals surface area contributed by atoms with Gasteiger partial charge in [0, 0.05) is 16.8 Å². The van der Waals surface area contributed by atoms with E-state index in [0.717, 1.165) is 11.1 Å². The lowest BCUT2D eigenvalue weighted by Gasteiger charge is -2.10. The highest BCUT2D eigenvalue weighted by molar-refractivity contribution is 5.75. The minimum atomic E-state index is -1.08. The predicted octanol–water partition coefficient (Wildman–Crippen LogP) is 3.35. The Morgan fingerprint density at radius 1 is 1.15 bits per heavy atom. The molecule has 0 fully saturated rings. The molecule has 6 nitrogen and oxygen atoms in total. The first-order chi connectivity index (χ1) is 13.0. The Bertz CT molecular complexity index is 1090. The Morgan fingerprint density at radius 2 is 1.89 bits per heavy atom. The third-order valence-electron chi connectivity index (χ3n) is 4.01. The van der Waals surface area contributed by atoms with Crippen LogP contribution in [0.2, 0.25) is 0 Å². The van der Waals surface area contributed by atoms with Crippen molar-refractivity contribution < 1.29 is 14.6 Å². The zero-order valence-electron chi connectivity index (χ0n) is 14.5. The zero-order valence-corrected chi connectivity index (χ0v) is 14.5. The quantitative estimate of drug-likeness (QED) is 0.726. The number of ether oxygens (including phenoxy) is 1. The summed E-state index contributed by atoms with van der Waals surface area (Å²) in [6.45, 7) is 1.50. The predicted molar refractivity (Wildman–Crippen MR) is 101 cm³/mol. The van der Waals surface area contributed by atoms with Gasteiger partial charge in [-0.15, -0.1) is 0 Å². The van der Waals surface area contributed by atoms with Crippen molar-refractivity contribution in [2.45, 2.75) is 6.92 Å². The third kappa shape index (κ3) is 4.05. The average molecular weight is 360 g/mol. The molecule has 2 N–H and O–H groups in total. The summed E-state index contributed by atoms with van der Waals surface area (Å²) in [6, 6.07) is 18.0. The van der Waals surface area contributed by atoms with E-state index in [1.807, 2.05) is 37.3 Å². The van der Waals surface area contributed by atoms with Crippen molar-refractivity contribution in [3.63, 3.8) is 0 Å². The molecule has 0 saturated heterocycles. The zero-order chi connectivity index (χ0) is 19.4. The summed E-state index contributed by atoms with van der Waals surface area (Å²) in [5.41, 5.74) is 3.09. The summed E-state index contributed by atoms with van der Waals surface area (Å²) in [5, 5.41) is 18.1. The number of H-pyrrole nitrogens is 1. The molecule has 0 saturated carbocycles. The fourth-order valence-electron chi connectivity index (χ4n) is 2.69. The van der Waals surface area contributed by atoms with E-state index >= 15 is 0 Å². The molecule has 0 aliphatic carbocycles. The maximum Gasteiger partial charge on any atom is 0.341 e. The van der Waals surface area contributed by atoms with Crippen LogP contribution in [0.1, 0.15) is 11.1 Å². The number of hydrogen-bond donors (Lipinski definition) is 2. The second kappa shape index (κ2) is 7.58. The molecule has 0 spiro atoms. The Morgan fingerprint density at radius 3 is 2.56 bits per heavy atom. The number of nitrogens with zero attached hydrogens (tertiary/aromatic N) is 1. The highest BCUT2D eigenvalue weighted by atomic mass is 16.5. The SMILES string of the molecule is Cc1ccc(-c2cc(-c3cccc(OCC(=O)O)c3)[nH]c(=O)c2C#N)cc1. The second-order valence-electron chi connectivity index (χ2n) is 5.99. The number of aromatic nitrogens is 1. The van der Waals surface area contributed by atoms with E-state index in [0.29, 0.717) is 22.6 Å². The van der Waals surface area contributed by atoms with Gasteiger partial charge in [0.1, 0.15) is 17.4 Å². The van der Waals surface area contributed by atoms with Gasteiger partial charge < -0.3 is 14.8 Å². The van der Waals surface area contributed by atoms with Crippen molar-refractivity contribution in [3.8, 4) is 34.2 Å². The Labute approximate surface area is 155 Å². The van der Waals surface area contributed by atoms with Crippen molar-refractivity contribution in [1.82, 2.24) is 4.98 Å². The number of aliphatic carboxylic acids is 1. The number of carboxylic acids is 1. The third-order valence-corrected chi connectivity index (χ3v) is 4.01. The average Bonchev–Trinajstić information content (AvgIpc) is 2.66. The van der Waals surface area contributed by atoms with Crippen molar-refractivity contribution in [2.75, 3.05) is 6.61 Å². The fourth-order valence-corrected chi connectivity index (χ4v) is 2.69.